The van der Waals surface area contributed by atoms with Crippen molar-refractivity contribution in [1.29, 1.82) is 0 Å². The molecular weight excluding hydrogens is 252 g/mol. The number of aliphatic hydroxyl groups excluding tert-OH is 1. The summed E-state index contributed by atoms with van der Waals surface area (Å²) < 4.78 is 26.7. The molecule has 1 unspecified atom stereocenters. The number of nitrogens with one attached hydrogen (secondary N) is 1. The van der Waals surface area contributed by atoms with Crippen molar-refractivity contribution in [1.82, 2.24) is 5.32 Å². The summed E-state index contributed by atoms with van der Waals surface area (Å²) in [5.41, 5.74) is 0.0826. The van der Waals surface area contributed by atoms with E-state index >= 15 is 0 Å². The van der Waals surface area contributed by atoms with Gasteiger partial charge in [0.1, 0.15) is 11.6 Å². The first-order valence-corrected chi connectivity index (χ1v) is 6.40. The van der Waals surface area contributed by atoms with E-state index in [-0.39, 0.29) is 23.8 Å². The number of aliphatic hydroxyl groups is 1. The second kappa shape index (κ2) is 5.65. The summed E-state index contributed by atoms with van der Waals surface area (Å²) >= 11 is 0. The summed E-state index contributed by atoms with van der Waals surface area (Å²) in [5, 5.41) is 11.7. The number of carbonyl (C=O) groups excluding carboxylic acids is 1. The Morgan fingerprint density at radius 3 is 2.68 bits per heavy atom. The van der Waals surface area contributed by atoms with Gasteiger partial charge in [0, 0.05) is 18.7 Å². The lowest BCUT2D eigenvalue weighted by Gasteiger charge is -2.17. The molecule has 0 spiro atoms. The maximum absolute atomic E-state index is 13.6. The molecule has 0 saturated heterocycles. The topological polar surface area (TPSA) is 49.3 Å². The van der Waals surface area contributed by atoms with E-state index in [4.69, 9.17) is 5.11 Å². The predicted octanol–water partition coefficient (Wildman–Crippen LogP) is 2.16. The van der Waals surface area contributed by atoms with Crippen molar-refractivity contribution in [3.05, 3.63) is 34.9 Å². The number of rotatable bonds is 5. The molecule has 1 aliphatic carbocycles. The van der Waals surface area contributed by atoms with Gasteiger partial charge in [-0.3, -0.25) is 4.79 Å². The van der Waals surface area contributed by atoms with E-state index < -0.39 is 17.5 Å². The highest BCUT2D eigenvalue weighted by molar-refractivity contribution is 5.94. The largest absolute Gasteiger partial charge is 0.396 e. The number of aryl methyl sites for hydroxylation is 1. The maximum Gasteiger partial charge on any atom is 0.254 e. The molecule has 1 saturated carbocycles. The highest BCUT2D eigenvalue weighted by Crippen LogP contribution is 2.34. The molecule has 2 rings (SSSR count). The van der Waals surface area contributed by atoms with Gasteiger partial charge in [0.15, 0.2) is 0 Å². The van der Waals surface area contributed by atoms with Crippen LogP contribution in [-0.2, 0) is 0 Å². The van der Waals surface area contributed by atoms with Gasteiger partial charge >= 0.3 is 0 Å². The minimum Gasteiger partial charge on any atom is -0.396 e. The van der Waals surface area contributed by atoms with Crippen molar-refractivity contribution in [2.45, 2.75) is 32.2 Å². The van der Waals surface area contributed by atoms with Gasteiger partial charge in [0.25, 0.3) is 5.91 Å². The number of hydrogen-bond donors (Lipinski definition) is 2. The molecule has 0 aliphatic heterocycles. The normalized spacial score (nSPS) is 16.2. The molecule has 1 fully saturated rings. The van der Waals surface area contributed by atoms with E-state index in [9.17, 15) is 13.6 Å². The number of halogens is 2. The van der Waals surface area contributed by atoms with E-state index in [2.05, 4.69) is 5.32 Å². The van der Waals surface area contributed by atoms with Crippen molar-refractivity contribution in [3.8, 4) is 0 Å². The Morgan fingerprint density at radius 2 is 2.11 bits per heavy atom. The van der Waals surface area contributed by atoms with Crippen LogP contribution in [0.25, 0.3) is 0 Å². The summed E-state index contributed by atoms with van der Waals surface area (Å²) in [6.07, 6.45) is 2.48. The van der Waals surface area contributed by atoms with Crippen molar-refractivity contribution >= 4 is 5.91 Å². The van der Waals surface area contributed by atoms with Gasteiger partial charge in [-0.05, 0) is 43.7 Å². The van der Waals surface area contributed by atoms with E-state index in [1.54, 1.807) is 0 Å². The van der Waals surface area contributed by atoms with Crippen LogP contribution in [-0.4, -0.2) is 23.7 Å². The molecule has 1 atom stereocenters. The highest BCUT2D eigenvalue weighted by atomic mass is 19.1. The Labute approximate surface area is 110 Å². The Bertz CT molecular complexity index is 487. The fraction of sp³-hybridized carbons (Fsp3) is 0.500. The van der Waals surface area contributed by atoms with E-state index in [1.807, 2.05) is 0 Å². The summed E-state index contributed by atoms with van der Waals surface area (Å²) in [4.78, 5) is 12.0. The van der Waals surface area contributed by atoms with Crippen LogP contribution in [0.2, 0.25) is 0 Å². The first kappa shape index (κ1) is 13.9. The summed E-state index contributed by atoms with van der Waals surface area (Å²) in [5.74, 6) is -1.71. The van der Waals surface area contributed by atoms with Crippen LogP contribution in [0.1, 0.15) is 35.2 Å². The first-order chi connectivity index (χ1) is 9.02. The number of benzene rings is 1. The molecule has 1 amide bonds. The third-order valence-electron chi connectivity index (χ3n) is 3.44. The molecule has 5 heteroatoms. The maximum atomic E-state index is 13.6. The van der Waals surface area contributed by atoms with E-state index in [0.29, 0.717) is 12.3 Å². The smallest absolute Gasteiger partial charge is 0.254 e. The standard InChI is InChI=1S/C14H17F2NO2/c1-8-6-10(12(16)7-11(8)15)14(19)17-13(4-5-18)9-2-3-9/h6-7,9,13,18H,2-5H2,1H3,(H,17,19). The average Bonchev–Trinajstić information content (AvgIpc) is 3.17. The molecule has 1 aliphatic rings. The number of amides is 1. The fourth-order valence-corrected chi connectivity index (χ4v) is 2.14. The van der Waals surface area contributed by atoms with Crippen LogP contribution < -0.4 is 5.32 Å². The molecule has 0 bridgehead atoms. The molecule has 3 nitrogen and oxygen atoms in total. The first-order valence-electron chi connectivity index (χ1n) is 6.40. The minimum absolute atomic E-state index is 0.0215. The number of hydrogen-bond acceptors (Lipinski definition) is 2. The Balaban J connectivity index is 2.12. The van der Waals surface area contributed by atoms with Crippen LogP contribution in [0, 0.1) is 24.5 Å². The lowest BCUT2D eigenvalue weighted by Crippen LogP contribution is -2.37. The van der Waals surface area contributed by atoms with Crippen molar-refractivity contribution in [3.63, 3.8) is 0 Å². The lowest BCUT2D eigenvalue weighted by atomic mass is 10.1. The van der Waals surface area contributed by atoms with Crippen LogP contribution in [0.4, 0.5) is 8.78 Å². The zero-order chi connectivity index (χ0) is 14.0. The van der Waals surface area contributed by atoms with Gasteiger partial charge < -0.3 is 10.4 Å². The van der Waals surface area contributed by atoms with Crippen LogP contribution in [0.3, 0.4) is 0 Å². The summed E-state index contributed by atoms with van der Waals surface area (Å²) in [6, 6.07) is 1.80. The van der Waals surface area contributed by atoms with Gasteiger partial charge in [-0.2, -0.15) is 0 Å². The second-order valence-corrected chi connectivity index (χ2v) is 5.01. The van der Waals surface area contributed by atoms with Gasteiger partial charge in [-0.1, -0.05) is 0 Å². The van der Waals surface area contributed by atoms with Gasteiger partial charge in [0.05, 0.1) is 5.56 Å². The molecule has 0 radical (unpaired) electrons. The Hall–Kier alpha value is -1.49. The molecule has 19 heavy (non-hydrogen) atoms. The van der Waals surface area contributed by atoms with Crippen LogP contribution >= 0.6 is 0 Å². The van der Waals surface area contributed by atoms with Gasteiger partial charge in [-0.25, -0.2) is 8.78 Å². The fourth-order valence-electron chi connectivity index (χ4n) is 2.14. The Kier molecular flexibility index (Phi) is 4.14. The Morgan fingerprint density at radius 1 is 1.42 bits per heavy atom. The summed E-state index contributed by atoms with van der Waals surface area (Å²) in [7, 11) is 0. The van der Waals surface area contributed by atoms with E-state index in [1.165, 1.54) is 13.0 Å². The molecular formula is C14H17F2NO2. The quantitative estimate of drug-likeness (QED) is 0.860. The lowest BCUT2D eigenvalue weighted by molar-refractivity contribution is 0.0920. The number of carbonyl (C=O) groups is 1. The molecule has 0 heterocycles. The SMILES string of the molecule is Cc1cc(C(=O)NC(CCO)C2CC2)c(F)cc1F. The van der Waals surface area contributed by atoms with Crippen molar-refractivity contribution < 1.29 is 18.7 Å². The van der Waals surface area contributed by atoms with Crippen molar-refractivity contribution in [2.24, 2.45) is 5.92 Å². The molecule has 1 aromatic rings. The van der Waals surface area contributed by atoms with Gasteiger partial charge in [0.2, 0.25) is 0 Å². The molecule has 1 aromatic carbocycles. The van der Waals surface area contributed by atoms with Gasteiger partial charge in [-0.15, -0.1) is 0 Å². The summed E-state index contributed by atoms with van der Waals surface area (Å²) in [6.45, 7) is 1.46. The predicted molar refractivity (Wildman–Crippen MR) is 66.8 cm³/mol. The monoisotopic (exact) mass is 269 g/mol. The van der Waals surface area contributed by atoms with E-state index in [0.717, 1.165) is 18.9 Å². The van der Waals surface area contributed by atoms with Crippen LogP contribution in [0.5, 0.6) is 0 Å². The molecule has 104 valence electrons. The zero-order valence-corrected chi connectivity index (χ0v) is 10.7. The molecule has 0 aromatic heterocycles. The zero-order valence-electron chi connectivity index (χ0n) is 10.7. The highest BCUT2D eigenvalue weighted by Gasteiger charge is 2.32. The van der Waals surface area contributed by atoms with Crippen LogP contribution in [0.15, 0.2) is 12.1 Å². The second-order valence-electron chi connectivity index (χ2n) is 5.01. The third-order valence-corrected chi connectivity index (χ3v) is 3.44. The average molecular weight is 269 g/mol. The minimum atomic E-state index is -0.862. The molecule has 2 N–H and O–H groups in total. The van der Waals surface area contributed by atoms with Crippen molar-refractivity contribution in [2.75, 3.05) is 6.61 Å². The third kappa shape index (κ3) is 3.29.